The molecular weight excluding hydrogens is 336 g/mol. The van der Waals surface area contributed by atoms with Crippen molar-refractivity contribution in [1.29, 1.82) is 0 Å². The zero-order valence-electron chi connectivity index (χ0n) is 16.0. The Labute approximate surface area is 159 Å². The van der Waals surface area contributed by atoms with Crippen molar-refractivity contribution in [2.75, 3.05) is 6.61 Å². The van der Waals surface area contributed by atoms with Gasteiger partial charge in [0.2, 0.25) is 6.33 Å². The third kappa shape index (κ3) is 3.53. The summed E-state index contributed by atoms with van der Waals surface area (Å²) in [7, 11) is 2.03. The number of aromatic nitrogens is 2. The number of nitrogens with zero attached hydrogens (tertiary/aromatic N) is 2. The van der Waals surface area contributed by atoms with E-state index >= 15 is 0 Å². The third-order valence-corrected chi connectivity index (χ3v) is 5.16. The second kappa shape index (κ2) is 7.05. The van der Waals surface area contributed by atoms with Gasteiger partial charge in [-0.05, 0) is 60.0 Å². The largest absolute Gasteiger partial charge is 0.491 e. The van der Waals surface area contributed by atoms with E-state index in [2.05, 4.69) is 47.2 Å². The van der Waals surface area contributed by atoms with E-state index in [1.54, 1.807) is 0 Å². The Morgan fingerprint density at radius 1 is 1.00 bits per heavy atom. The number of aryl methyl sites for hydroxylation is 3. The van der Waals surface area contributed by atoms with E-state index in [4.69, 9.17) is 4.74 Å². The molecule has 4 rings (SSSR count). The van der Waals surface area contributed by atoms with Crippen molar-refractivity contribution in [1.82, 2.24) is 4.57 Å². The van der Waals surface area contributed by atoms with Crippen LogP contribution < -0.4 is 9.30 Å². The van der Waals surface area contributed by atoms with Gasteiger partial charge in [-0.2, -0.15) is 0 Å². The summed E-state index contributed by atoms with van der Waals surface area (Å²) in [5.41, 5.74) is 4.83. The van der Waals surface area contributed by atoms with E-state index in [1.807, 2.05) is 43.7 Å². The molecule has 0 aliphatic rings. The number of benzene rings is 3. The van der Waals surface area contributed by atoms with Crippen molar-refractivity contribution in [3.63, 3.8) is 0 Å². The van der Waals surface area contributed by atoms with E-state index in [0.29, 0.717) is 6.54 Å². The van der Waals surface area contributed by atoms with Gasteiger partial charge in [0.15, 0.2) is 11.0 Å². The Morgan fingerprint density at radius 2 is 1.74 bits per heavy atom. The monoisotopic (exact) mass is 361 g/mol. The van der Waals surface area contributed by atoms with Crippen LogP contribution in [0.1, 0.15) is 11.1 Å². The number of hydrogen-bond acceptors (Lipinski definition) is 2. The summed E-state index contributed by atoms with van der Waals surface area (Å²) in [4.78, 5) is 0. The minimum absolute atomic E-state index is 0.257. The quantitative estimate of drug-likeness (QED) is 0.551. The first kappa shape index (κ1) is 17.6. The Bertz CT molecular complexity index is 1110. The fourth-order valence-electron chi connectivity index (χ4n) is 3.51. The highest BCUT2D eigenvalue weighted by atomic mass is 16.5. The molecule has 4 aromatic rings. The van der Waals surface area contributed by atoms with Crippen LogP contribution in [0.25, 0.3) is 21.8 Å². The normalized spacial score (nSPS) is 12.6. The standard InChI is InChI=1S/C23H25N2O2/c1-16-10-22-23(11-17(16)2)25(15-24(22)3)13-20(26)14-27-21-9-8-18-6-4-5-7-19(18)12-21/h4-12,15,20,26H,13-14H2,1-3H3/q+1/t20-/m1/s1. The molecule has 1 heterocycles. The molecule has 0 amide bonds. The smallest absolute Gasteiger partial charge is 0.244 e. The number of imidazole rings is 1. The van der Waals surface area contributed by atoms with Crippen LogP contribution in [0.3, 0.4) is 0 Å². The van der Waals surface area contributed by atoms with Crippen molar-refractivity contribution in [2.45, 2.75) is 26.5 Å². The van der Waals surface area contributed by atoms with Crippen molar-refractivity contribution in [3.8, 4) is 5.75 Å². The van der Waals surface area contributed by atoms with Crippen molar-refractivity contribution in [3.05, 3.63) is 72.1 Å². The van der Waals surface area contributed by atoms with Gasteiger partial charge in [0.05, 0.1) is 7.05 Å². The first-order chi connectivity index (χ1) is 13.0. The average Bonchev–Trinajstić information content (AvgIpc) is 2.95. The maximum Gasteiger partial charge on any atom is 0.244 e. The maximum absolute atomic E-state index is 10.5. The molecule has 0 spiro atoms. The van der Waals surface area contributed by atoms with E-state index in [1.165, 1.54) is 22.0 Å². The lowest BCUT2D eigenvalue weighted by Gasteiger charge is -2.12. The topological polar surface area (TPSA) is 38.3 Å². The number of fused-ring (bicyclic) bond motifs is 2. The maximum atomic E-state index is 10.5. The summed E-state index contributed by atoms with van der Waals surface area (Å²) < 4.78 is 10.0. The van der Waals surface area contributed by atoms with E-state index < -0.39 is 6.10 Å². The summed E-state index contributed by atoms with van der Waals surface area (Å²) in [6, 6.07) is 18.6. The molecule has 4 heteroatoms. The molecule has 138 valence electrons. The second-order valence-electron chi connectivity index (χ2n) is 7.28. The molecule has 1 N–H and O–H groups in total. The summed E-state index contributed by atoms with van der Waals surface area (Å²) in [6.07, 6.45) is 1.44. The molecule has 0 saturated heterocycles. The fraction of sp³-hybridized carbons (Fsp3) is 0.261. The summed E-state index contributed by atoms with van der Waals surface area (Å²) in [5, 5.41) is 12.8. The third-order valence-electron chi connectivity index (χ3n) is 5.16. The molecule has 1 aromatic heterocycles. The van der Waals surface area contributed by atoms with Crippen molar-refractivity contribution in [2.24, 2.45) is 7.05 Å². The molecule has 0 bridgehead atoms. The molecule has 0 aliphatic heterocycles. The van der Waals surface area contributed by atoms with Crippen LogP contribution in [0, 0.1) is 13.8 Å². The Hall–Kier alpha value is -2.85. The lowest BCUT2D eigenvalue weighted by molar-refractivity contribution is -0.645. The van der Waals surface area contributed by atoms with Crippen LogP contribution in [0.4, 0.5) is 0 Å². The summed E-state index contributed by atoms with van der Waals surface area (Å²) in [5.74, 6) is 0.780. The molecular formula is C23H25N2O2+. The van der Waals surface area contributed by atoms with Gasteiger partial charge in [-0.15, -0.1) is 0 Å². The van der Waals surface area contributed by atoms with E-state index in [0.717, 1.165) is 16.7 Å². The van der Waals surface area contributed by atoms with Gasteiger partial charge in [0.25, 0.3) is 0 Å². The predicted octanol–water partition coefficient (Wildman–Crippen LogP) is 3.68. The number of aliphatic hydroxyl groups excluding tert-OH is 1. The Balaban J connectivity index is 1.48. The van der Waals surface area contributed by atoms with Crippen molar-refractivity contribution < 1.29 is 14.4 Å². The average molecular weight is 361 g/mol. The second-order valence-corrected chi connectivity index (χ2v) is 7.28. The van der Waals surface area contributed by atoms with Crippen LogP contribution in [0.2, 0.25) is 0 Å². The lowest BCUT2D eigenvalue weighted by atomic mass is 10.1. The first-order valence-electron chi connectivity index (χ1n) is 9.26. The number of rotatable bonds is 5. The van der Waals surface area contributed by atoms with E-state index in [-0.39, 0.29) is 6.61 Å². The summed E-state index contributed by atoms with van der Waals surface area (Å²) in [6.45, 7) is 4.99. The number of aliphatic hydroxyl groups is 1. The van der Waals surface area contributed by atoms with Crippen molar-refractivity contribution >= 4 is 21.8 Å². The predicted molar refractivity (Wildman–Crippen MR) is 108 cm³/mol. The van der Waals surface area contributed by atoms with E-state index in [9.17, 15) is 5.11 Å². The highest BCUT2D eigenvalue weighted by Crippen LogP contribution is 2.21. The number of ether oxygens (including phenoxy) is 1. The van der Waals surface area contributed by atoms with Gasteiger partial charge in [-0.3, -0.25) is 0 Å². The minimum atomic E-state index is -0.589. The molecule has 0 saturated carbocycles. The Morgan fingerprint density at radius 3 is 2.56 bits per heavy atom. The van der Waals surface area contributed by atoms with Gasteiger partial charge in [-0.25, -0.2) is 9.13 Å². The van der Waals surface area contributed by atoms with Crippen LogP contribution in [0.15, 0.2) is 60.9 Å². The van der Waals surface area contributed by atoms with Gasteiger partial charge < -0.3 is 9.84 Å². The van der Waals surface area contributed by atoms with Gasteiger partial charge in [0, 0.05) is 0 Å². The van der Waals surface area contributed by atoms with Gasteiger partial charge in [0.1, 0.15) is 25.0 Å². The fourth-order valence-corrected chi connectivity index (χ4v) is 3.51. The zero-order valence-corrected chi connectivity index (χ0v) is 16.0. The molecule has 3 aromatic carbocycles. The number of hydrogen-bond donors (Lipinski definition) is 1. The SMILES string of the molecule is Cc1cc2c(cc1C)[n+](C)cn2C[C@@H](O)COc1ccc2ccccc2c1. The Kier molecular flexibility index (Phi) is 4.58. The first-order valence-corrected chi connectivity index (χ1v) is 9.26. The molecule has 4 nitrogen and oxygen atoms in total. The highest BCUT2D eigenvalue weighted by Gasteiger charge is 2.18. The van der Waals surface area contributed by atoms with Crippen LogP contribution in [-0.4, -0.2) is 22.4 Å². The molecule has 27 heavy (non-hydrogen) atoms. The molecule has 0 radical (unpaired) electrons. The molecule has 0 aliphatic carbocycles. The minimum Gasteiger partial charge on any atom is -0.491 e. The molecule has 0 fully saturated rings. The van der Waals surface area contributed by atoms with Gasteiger partial charge >= 0.3 is 0 Å². The van der Waals surface area contributed by atoms with Crippen LogP contribution in [-0.2, 0) is 13.6 Å². The van der Waals surface area contributed by atoms with Gasteiger partial charge in [-0.1, -0.05) is 30.3 Å². The molecule has 0 unspecified atom stereocenters. The molecule has 1 atom stereocenters. The summed E-state index contributed by atoms with van der Waals surface area (Å²) >= 11 is 0. The lowest BCUT2D eigenvalue weighted by Crippen LogP contribution is -2.27. The zero-order chi connectivity index (χ0) is 19.0. The van der Waals surface area contributed by atoms with Crippen LogP contribution in [0.5, 0.6) is 5.75 Å². The van der Waals surface area contributed by atoms with Crippen LogP contribution >= 0.6 is 0 Å². The highest BCUT2D eigenvalue weighted by molar-refractivity contribution is 5.83.